The predicted octanol–water partition coefficient (Wildman–Crippen LogP) is 2.71. The molecule has 2 aromatic rings. The summed E-state index contributed by atoms with van der Waals surface area (Å²) in [5.41, 5.74) is 2.65. The molecule has 7 heteroatoms. The highest BCUT2D eigenvalue weighted by Gasteiger charge is 2.39. The molecule has 2 aliphatic heterocycles. The van der Waals surface area contributed by atoms with Gasteiger partial charge in [0.25, 0.3) is 5.91 Å². The van der Waals surface area contributed by atoms with Gasteiger partial charge < -0.3 is 5.32 Å². The first kappa shape index (κ1) is 17.5. The fourth-order valence-corrected chi connectivity index (χ4v) is 3.78. The van der Waals surface area contributed by atoms with Gasteiger partial charge in [-0.25, -0.2) is 9.89 Å². The SMILES string of the molecule is C[C@H]1N=C2c3ccccc3N=C(SCC(=O)NCc3ccccc3)N2C1=O. The van der Waals surface area contributed by atoms with E-state index in [9.17, 15) is 9.59 Å². The lowest BCUT2D eigenvalue weighted by Crippen LogP contribution is -2.41. The van der Waals surface area contributed by atoms with Crippen LogP contribution in [0.3, 0.4) is 0 Å². The van der Waals surface area contributed by atoms with Crippen molar-refractivity contribution in [1.82, 2.24) is 10.2 Å². The van der Waals surface area contributed by atoms with Crippen molar-refractivity contribution in [2.75, 3.05) is 5.75 Å². The number of carbonyl (C=O) groups is 2. The van der Waals surface area contributed by atoms with Crippen LogP contribution in [-0.2, 0) is 16.1 Å². The molecule has 0 radical (unpaired) electrons. The van der Waals surface area contributed by atoms with Crippen molar-refractivity contribution in [2.24, 2.45) is 9.98 Å². The minimum Gasteiger partial charge on any atom is -0.351 e. The van der Waals surface area contributed by atoms with Gasteiger partial charge in [-0.05, 0) is 24.6 Å². The van der Waals surface area contributed by atoms with Crippen molar-refractivity contribution in [2.45, 2.75) is 19.5 Å². The molecule has 0 fully saturated rings. The minimum atomic E-state index is -0.441. The van der Waals surface area contributed by atoms with Crippen LogP contribution in [0.1, 0.15) is 18.1 Å². The zero-order valence-corrected chi connectivity index (χ0v) is 15.6. The zero-order chi connectivity index (χ0) is 18.8. The Bertz CT molecular complexity index is 955. The van der Waals surface area contributed by atoms with E-state index in [2.05, 4.69) is 15.3 Å². The first-order valence-corrected chi connectivity index (χ1v) is 9.65. The van der Waals surface area contributed by atoms with Gasteiger partial charge in [-0.2, -0.15) is 0 Å². The number of fused-ring (bicyclic) bond motifs is 3. The highest BCUT2D eigenvalue weighted by Crippen LogP contribution is 2.33. The van der Waals surface area contributed by atoms with Gasteiger partial charge in [0.15, 0.2) is 5.17 Å². The van der Waals surface area contributed by atoms with Crippen molar-refractivity contribution in [3.63, 3.8) is 0 Å². The number of para-hydroxylation sites is 1. The maximum Gasteiger partial charge on any atom is 0.258 e. The summed E-state index contributed by atoms with van der Waals surface area (Å²) in [6, 6.07) is 16.9. The van der Waals surface area contributed by atoms with Crippen LogP contribution in [0.2, 0.25) is 0 Å². The fraction of sp³-hybridized carbons (Fsp3) is 0.200. The van der Waals surface area contributed by atoms with E-state index in [1.165, 1.54) is 16.7 Å². The van der Waals surface area contributed by atoms with Gasteiger partial charge in [0.1, 0.15) is 11.9 Å². The molecule has 0 unspecified atom stereocenters. The van der Waals surface area contributed by atoms with Gasteiger partial charge in [0, 0.05) is 12.1 Å². The van der Waals surface area contributed by atoms with Crippen molar-refractivity contribution < 1.29 is 9.59 Å². The summed E-state index contributed by atoms with van der Waals surface area (Å²) >= 11 is 1.25. The van der Waals surface area contributed by atoms with E-state index in [4.69, 9.17) is 0 Å². The molecule has 1 N–H and O–H groups in total. The van der Waals surface area contributed by atoms with E-state index < -0.39 is 6.04 Å². The van der Waals surface area contributed by atoms with Gasteiger partial charge >= 0.3 is 0 Å². The molecule has 2 amide bonds. The Morgan fingerprint density at radius 1 is 1.15 bits per heavy atom. The van der Waals surface area contributed by atoms with Crippen LogP contribution in [0, 0.1) is 0 Å². The number of benzene rings is 2. The van der Waals surface area contributed by atoms with Gasteiger partial charge in [-0.15, -0.1) is 0 Å². The Kier molecular flexibility index (Phi) is 4.77. The van der Waals surface area contributed by atoms with Crippen LogP contribution in [0.4, 0.5) is 5.69 Å². The zero-order valence-electron chi connectivity index (χ0n) is 14.8. The van der Waals surface area contributed by atoms with Gasteiger partial charge in [0.05, 0.1) is 11.4 Å². The Morgan fingerprint density at radius 2 is 1.89 bits per heavy atom. The molecular formula is C20H18N4O2S. The molecule has 4 rings (SSSR count). The second-order valence-electron chi connectivity index (χ2n) is 6.26. The number of rotatable bonds is 4. The fourth-order valence-electron chi connectivity index (χ4n) is 2.95. The molecule has 2 heterocycles. The molecule has 0 bridgehead atoms. The third-order valence-electron chi connectivity index (χ3n) is 4.32. The molecule has 2 aromatic carbocycles. The molecule has 136 valence electrons. The average molecular weight is 378 g/mol. The van der Waals surface area contributed by atoms with Crippen LogP contribution >= 0.6 is 11.8 Å². The quantitative estimate of drug-likeness (QED) is 0.889. The molecule has 0 aliphatic carbocycles. The van der Waals surface area contributed by atoms with Crippen LogP contribution in [0.5, 0.6) is 0 Å². The van der Waals surface area contributed by atoms with Crippen LogP contribution in [0.25, 0.3) is 0 Å². The standard InChI is InChI=1S/C20H18N4O2S/c1-13-19(26)24-18(22-13)15-9-5-6-10-16(15)23-20(24)27-12-17(25)21-11-14-7-3-2-4-8-14/h2-10,13H,11-12H2,1H3,(H,21,25)/t13-/m1/s1. The number of hydrogen-bond acceptors (Lipinski definition) is 5. The largest absolute Gasteiger partial charge is 0.351 e. The highest BCUT2D eigenvalue weighted by atomic mass is 32.2. The minimum absolute atomic E-state index is 0.108. The highest BCUT2D eigenvalue weighted by molar-refractivity contribution is 8.14. The molecule has 2 aliphatic rings. The lowest BCUT2D eigenvalue weighted by Gasteiger charge is -2.25. The van der Waals surface area contributed by atoms with E-state index >= 15 is 0 Å². The molecule has 27 heavy (non-hydrogen) atoms. The normalized spacial score (nSPS) is 17.7. The second-order valence-corrected chi connectivity index (χ2v) is 7.21. The summed E-state index contributed by atoms with van der Waals surface area (Å²) < 4.78 is 0. The number of thioether (sulfide) groups is 1. The number of hydrogen-bond donors (Lipinski definition) is 1. The predicted molar refractivity (Wildman–Crippen MR) is 107 cm³/mol. The molecule has 1 atom stereocenters. The van der Waals surface area contributed by atoms with Crippen molar-refractivity contribution in [3.8, 4) is 0 Å². The van der Waals surface area contributed by atoms with E-state index in [1.807, 2.05) is 54.6 Å². The third-order valence-corrected chi connectivity index (χ3v) is 5.26. The van der Waals surface area contributed by atoms with E-state index in [0.717, 1.165) is 16.8 Å². The van der Waals surface area contributed by atoms with E-state index in [0.29, 0.717) is 17.5 Å². The molecule has 0 spiro atoms. The molecular weight excluding hydrogens is 360 g/mol. The van der Waals surface area contributed by atoms with Crippen LogP contribution in [-0.4, -0.2) is 39.5 Å². The lowest BCUT2D eigenvalue weighted by atomic mass is 10.1. The molecule has 6 nitrogen and oxygen atoms in total. The number of amidine groups is 2. The number of nitrogens with zero attached hydrogens (tertiary/aromatic N) is 3. The van der Waals surface area contributed by atoms with Gasteiger partial charge in [-0.1, -0.05) is 54.2 Å². The first-order valence-electron chi connectivity index (χ1n) is 8.67. The van der Waals surface area contributed by atoms with Gasteiger partial charge in [0.2, 0.25) is 5.91 Å². The molecule has 0 saturated carbocycles. The Morgan fingerprint density at radius 3 is 2.70 bits per heavy atom. The van der Waals surface area contributed by atoms with Gasteiger partial charge in [-0.3, -0.25) is 14.6 Å². The Hall–Kier alpha value is -2.93. The number of carbonyl (C=O) groups excluding carboxylic acids is 2. The van der Waals surface area contributed by atoms with E-state index in [-0.39, 0.29) is 17.6 Å². The summed E-state index contributed by atoms with van der Waals surface area (Å²) in [7, 11) is 0. The van der Waals surface area contributed by atoms with Crippen molar-refractivity contribution in [1.29, 1.82) is 0 Å². The van der Waals surface area contributed by atoms with E-state index in [1.54, 1.807) is 6.92 Å². The monoisotopic (exact) mass is 378 g/mol. The van der Waals surface area contributed by atoms with Crippen LogP contribution < -0.4 is 5.32 Å². The maximum absolute atomic E-state index is 12.5. The van der Waals surface area contributed by atoms with Crippen molar-refractivity contribution in [3.05, 3.63) is 65.7 Å². The summed E-state index contributed by atoms with van der Waals surface area (Å²) in [6.45, 7) is 2.24. The summed E-state index contributed by atoms with van der Waals surface area (Å²) in [6.07, 6.45) is 0. The second kappa shape index (κ2) is 7.36. The number of amides is 2. The Balaban J connectivity index is 1.47. The number of aliphatic imine (C=N–C) groups is 2. The summed E-state index contributed by atoms with van der Waals surface area (Å²) in [4.78, 5) is 35.4. The van der Waals surface area contributed by atoms with Crippen molar-refractivity contribution >= 4 is 40.3 Å². The summed E-state index contributed by atoms with van der Waals surface area (Å²) in [5.74, 6) is 0.573. The average Bonchev–Trinajstić information content (AvgIpc) is 3.00. The topological polar surface area (TPSA) is 74.1 Å². The smallest absolute Gasteiger partial charge is 0.258 e. The first-order chi connectivity index (χ1) is 13.1. The Labute approximate surface area is 161 Å². The maximum atomic E-state index is 12.5. The van der Waals surface area contributed by atoms with Crippen LogP contribution in [0.15, 0.2) is 64.6 Å². The molecule has 0 saturated heterocycles. The summed E-state index contributed by atoms with van der Waals surface area (Å²) in [5, 5.41) is 3.39. The lowest BCUT2D eigenvalue weighted by molar-refractivity contribution is -0.124. The number of nitrogens with one attached hydrogen (secondary N) is 1. The molecule has 0 aromatic heterocycles. The third kappa shape index (κ3) is 3.50.